The lowest BCUT2D eigenvalue weighted by atomic mass is 10.1. The Labute approximate surface area is 181 Å². The molecule has 0 saturated carbocycles. The summed E-state index contributed by atoms with van der Waals surface area (Å²) in [4.78, 5) is 28.9. The van der Waals surface area contributed by atoms with Crippen molar-refractivity contribution in [2.24, 2.45) is 0 Å². The van der Waals surface area contributed by atoms with Gasteiger partial charge in [0.1, 0.15) is 5.82 Å². The Morgan fingerprint density at radius 3 is 2.13 bits per heavy atom. The molecule has 6 heteroatoms. The smallest absolute Gasteiger partial charge is 0.318 e. The van der Waals surface area contributed by atoms with Crippen molar-refractivity contribution < 1.29 is 14.0 Å². The van der Waals surface area contributed by atoms with Crippen LogP contribution in [0.4, 0.5) is 14.9 Å². The van der Waals surface area contributed by atoms with Crippen molar-refractivity contribution in [3.05, 3.63) is 102 Å². The van der Waals surface area contributed by atoms with E-state index >= 15 is 0 Å². The monoisotopic (exact) mass is 417 g/mol. The Bertz CT molecular complexity index is 1000. The number of nitrogens with one attached hydrogen (secondary N) is 1. The number of nitrogens with zero attached hydrogens (tertiary/aromatic N) is 2. The van der Waals surface area contributed by atoms with Crippen molar-refractivity contribution in [2.45, 2.75) is 25.6 Å². The van der Waals surface area contributed by atoms with Gasteiger partial charge >= 0.3 is 6.03 Å². The topological polar surface area (TPSA) is 52.7 Å². The third kappa shape index (κ3) is 5.28. The van der Waals surface area contributed by atoms with Gasteiger partial charge in [0.25, 0.3) is 0 Å². The highest BCUT2D eigenvalue weighted by Gasteiger charge is 2.32. The lowest BCUT2D eigenvalue weighted by Crippen LogP contribution is -2.45. The normalized spacial score (nSPS) is 15.7. The number of halogens is 1. The van der Waals surface area contributed by atoms with Gasteiger partial charge in [-0.05, 0) is 29.3 Å². The van der Waals surface area contributed by atoms with E-state index in [2.05, 4.69) is 5.32 Å². The number of urea groups is 1. The van der Waals surface area contributed by atoms with E-state index in [1.807, 2.05) is 60.7 Å². The van der Waals surface area contributed by atoms with E-state index in [0.29, 0.717) is 25.3 Å². The molecule has 4 rings (SSSR count). The molecule has 1 N–H and O–H groups in total. The van der Waals surface area contributed by atoms with Gasteiger partial charge in [-0.1, -0.05) is 66.7 Å². The maximum atomic E-state index is 13.6. The van der Waals surface area contributed by atoms with Crippen molar-refractivity contribution in [3.8, 4) is 0 Å². The van der Waals surface area contributed by atoms with Crippen molar-refractivity contribution in [1.82, 2.24) is 10.2 Å². The molecule has 3 aromatic carbocycles. The summed E-state index contributed by atoms with van der Waals surface area (Å²) in [5.41, 5.74) is 2.56. The molecule has 1 unspecified atom stereocenters. The molecule has 158 valence electrons. The summed E-state index contributed by atoms with van der Waals surface area (Å²) in [7, 11) is 0. The van der Waals surface area contributed by atoms with Crippen LogP contribution in [0, 0.1) is 5.82 Å². The fraction of sp³-hybridized carbons (Fsp3) is 0.200. The van der Waals surface area contributed by atoms with Crippen molar-refractivity contribution in [3.63, 3.8) is 0 Å². The minimum atomic E-state index is -0.394. The van der Waals surface area contributed by atoms with Crippen LogP contribution in [0.3, 0.4) is 0 Å². The zero-order valence-electron chi connectivity index (χ0n) is 17.1. The average molecular weight is 417 g/mol. The van der Waals surface area contributed by atoms with Crippen molar-refractivity contribution >= 4 is 17.6 Å². The quantitative estimate of drug-likeness (QED) is 0.649. The minimum absolute atomic E-state index is 0.131. The zero-order chi connectivity index (χ0) is 21.6. The molecule has 1 heterocycles. The Balaban J connectivity index is 1.46. The first kappa shape index (κ1) is 20.6. The molecule has 3 amide bonds. The van der Waals surface area contributed by atoms with Crippen molar-refractivity contribution in [1.29, 1.82) is 0 Å². The Kier molecular flexibility index (Phi) is 6.26. The Morgan fingerprint density at radius 2 is 1.55 bits per heavy atom. The van der Waals surface area contributed by atoms with E-state index in [0.717, 1.165) is 11.1 Å². The van der Waals surface area contributed by atoms with E-state index in [1.54, 1.807) is 17.0 Å². The predicted octanol–water partition coefficient (Wildman–Crippen LogP) is 4.34. The molecule has 0 radical (unpaired) electrons. The number of hydrogen-bond acceptors (Lipinski definition) is 2. The largest absolute Gasteiger partial charge is 0.333 e. The van der Waals surface area contributed by atoms with Gasteiger partial charge in [-0.15, -0.1) is 0 Å². The highest BCUT2D eigenvalue weighted by atomic mass is 19.1. The molecule has 1 aliphatic rings. The number of amides is 3. The molecular weight excluding hydrogens is 393 g/mol. The van der Waals surface area contributed by atoms with Gasteiger partial charge in [0.15, 0.2) is 0 Å². The number of rotatable bonds is 6. The molecule has 3 aromatic rings. The molecule has 0 spiro atoms. The summed E-state index contributed by atoms with van der Waals surface area (Å²) in [6.07, 6.45) is 0.187. The van der Waals surface area contributed by atoms with Crippen LogP contribution in [0.5, 0.6) is 0 Å². The summed E-state index contributed by atoms with van der Waals surface area (Å²) in [6.45, 7) is 1.23. The number of carbonyl (C=O) groups excluding carboxylic acids is 2. The molecule has 5 nitrogen and oxygen atoms in total. The first-order valence-corrected chi connectivity index (χ1v) is 10.3. The first-order chi connectivity index (χ1) is 15.1. The predicted molar refractivity (Wildman–Crippen MR) is 118 cm³/mol. The minimum Gasteiger partial charge on any atom is -0.333 e. The summed E-state index contributed by atoms with van der Waals surface area (Å²) < 4.78 is 13.6. The van der Waals surface area contributed by atoms with Crippen LogP contribution in [0.1, 0.15) is 17.5 Å². The van der Waals surface area contributed by atoms with Crippen LogP contribution in [0.15, 0.2) is 84.9 Å². The standard InChI is InChI=1S/C25H24FN3O2/c26-21-12-7-13-23(14-21)29-18-22(15-24(29)30)27-25(31)28(16-19-8-3-1-4-9-19)17-20-10-5-2-6-11-20/h1-14,22H,15-18H2,(H,27,31). The molecular formula is C25H24FN3O2. The highest BCUT2D eigenvalue weighted by molar-refractivity contribution is 5.96. The summed E-state index contributed by atoms with van der Waals surface area (Å²) in [6, 6.07) is 25.0. The van der Waals surface area contributed by atoms with Crippen molar-refractivity contribution in [2.75, 3.05) is 11.4 Å². The fourth-order valence-electron chi connectivity index (χ4n) is 3.77. The summed E-state index contributed by atoms with van der Waals surface area (Å²) in [5, 5.41) is 2.99. The third-order valence-electron chi connectivity index (χ3n) is 5.29. The van der Waals surface area contributed by atoms with Gasteiger partial charge in [0.05, 0.1) is 6.04 Å². The maximum absolute atomic E-state index is 13.6. The highest BCUT2D eigenvalue weighted by Crippen LogP contribution is 2.22. The van der Waals surface area contributed by atoms with Gasteiger partial charge in [-0.3, -0.25) is 4.79 Å². The van der Waals surface area contributed by atoms with Crippen LogP contribution >= 0.6 is 0 Å². The first-order valence-electron chi connectivity index (χ1n) is 10.3. The second-order valence-electron chi connectivity index (χ2n) is 7.66. The van der Waals surface area contributed by atoms with Crippen LogP contribution in [0.2, 0.25) is 0 Å². The third-order valence-corrected chi connectivity index (χ3v) is 5.29. The van der Waals surface area contributed by atoms with Gasteiger partial charge in [0, 0.05) is 31.7 Å². The number of benzene rings is 3. The zero-order valence-corrected chi connectivity index (χ0v) is 17.1. The lowest BCUT2D eigenvalue weighted by Gasteiger charge is -2.25. The maximum Gasteiger partial charge on any atom is 0.318 e. The fourth-order valence-corrected chi connectivity index (χ4v) is 3.77. The lowest BCUT2D eigenvalue weighted by molar-refractivity contribution is -0.117. The Hall–Kier alpha value is -3.67. The molecule has 0 bridgehead atoms. The molecule has 0 aromatic heterocycles. The van der Waals surface area contributed by atoms with E-state index in [1.165, 1.54) is 17.0 Å². The molecule has 31 heavy (non-hydrogen) atoms. The van der Waals surface area contributed by atoms with E-state index < -0.39 is 5.82 Å². The average Bonchev–Trinajstić information content (AvgIpc) is 3.14. The van der Waals surface area contributed by atoms with Gasteiger partial charge < -0.3 is 15.1 Å². The van der Waals surface area contributed by atoms with E-state index in [4.69, 9.17) is 0 Å². The molecule has 0 aliphatic carbocycles. The number of hydrogen-bond donors (Lipinski definition) is 1. The van der Waals surface area contributed by atoms with Gasteiger partial charge in [0.2, 0.25) is 5.91 Å². The Morgan fingerprint density at radius 1 is 0.935 bits per heavy atom. The molecule has 1 saturated heterocycles. The number of anilines is 1. The van der Waals surface area contributed by atoms with Crippen LogP contribution in [-0.2, 0) is 17.9 Å². The van der Waals surface area contributed by atoms with Gasteiger partial charge in [-0.2, -0.15) is 0 Å². The summed E-state index contributed by atoms with van der Waals surface area (Å²) >= 11 is 0. The van der Waals surface area contributed by atoms with E-state index in [9.17, 15) is 14.0 Å². The molecule has 1 fully saturated rings. The molecule has 1 atom stereocenters. The number of carbonyl (C=O) groups is 2. The SMILES string of the molecule is O=C(NC1CC(=O)N(c2cccc(F)c2)C1)N(Cc1ccccc1)Cc1ccccc1. The van der Waals surface area contributed by atoms with Crippen LogP contribution in [-0.4, -0.2) is 29.4 Å². The van der Waals surface area contributed by atoms with Crippen LogP contribution < -0.4 is 10.2 Å². The van der Waals surface area contributed by atoms with Gasteiger partial charge in [-0.25, -0.2) is 9.18 Å². The molecule has 1 aliphatic heterocycles. The van der Waals surface area contributed by atoms with Crippen LogP contribution in [0.25, 0.3) is 0 Å². The second kappa shape index (κ2) is 9.43. The summed E-state index contributed by atoms with van der Waals surface area (Å²) in [5.74, 6) is -0.525. The van der Waals surface area contributed by atoms with E-state index in [-0.39, 0.29) is 24.4 Å². The second-order valence-corrected chi connectivity index (χ2v) is 7.66.